The van der Waals surface area contributed by atoms with E-state index in [-0.39, 0.29) is 6.10 Å². The Kier molecular flexibility index (Phi) is 4.62. The lowest BCUT2D eigenvalue weighted by Gasteiger charge is -2.40. The molecule has 1 N–H and O–H groups in total. The molecule has 0 saturated heterocycles. The van der Waals surface area contributed by atoms with Crippen molar-refractivity contribution in [3.8, 4) is 0 Å². The van der Waals surface area contributed by atoms with Crippen molar-refractivity contribution in [3.63, 3.8) is 0 Å². The molecule has 2 rings (SSSR count). The van der Waals surface area contributed by atoms with Crippen molar-refractivity contribution in [3.05, 3.63) is 30.1 Å². The average molecular weight is 261 g/mol. The van der Waals surface area contributed by atoms with Gasteiger partial charge >= 0.3 is 0 Å². The first-order chi connectivity index (χ1) is 8.97. The number of pyridine rings is 1. The van der Waals surface area contributed by atoms with Crippen molar-refractivity contribution >= 4 is 0 Å². The van der Waals surface area contributed by atoms with E-state index in [1.165, 1.54) is 18.4 Å². The van der Waals surface area contributed by atoms with E-state index >= 15 is 0 Å². The van der Waals surface area contributed by atoms with Crippen LogP contribution in [0.3, 0.4) is 0 Å². The second kappa shape index (κ2) is 6.04. The van der Waals surface area contributed by atoms with Crippen LogP contribution in [0.15, 0.2) is 24.5 Å². The zero-order chi connectivity index (χ0) is 13.9. The lowest BCUT2D eigenvalue weighted by atomic mass is 9.67. The predicted molar refractivity (Wildman–Crippen MR) is 78.9 cm³/mol. The zero-order valence-electron chi connectivity index (χ0n) is 12.5. The zero-order valence-corrected chi connectivity index (χ0v) is 12.5. The fourth-order valence-corrected chi connectivity index (χ4v) is 3.24. The van der Waals surface area contributed by atoms with Crippen molar-refractivity contribution in [2.45, 2.75) is 59.0 Å². The average Bonchev–Trinajstić information content (AvgIpc) is 2.37. The van der Waals surface area contributed by atoms with Crippen LogP contribution in [-0.2, 0) is 6.42 Å². The lowest BCUT2D eigenvalue weighted by molar-refractivity contribution is 0.0160. The third-order valence-electron chi connectivity index (χ3n) is 4.69. The largest absolute Gasteiger partial charge is 0.393 e. The minimum atomic E-state index is -0.102. The van der Waals surface area contributed by atoms with Gasteiger partial charge in [-0.05, 0) is 61.0 Å². The molecule has 1 aliphatic carbocycles. The minimum absolute atomic E-state index is 0.102. The quantitative estimate of drug-likeness (QED) is 0.897. The highest BCUT2D eigenvalue weighted by atomic mass is 16.3. The number of hydrogen-bond acceptors (Lipinski definition) is 2. The van der Waals surface area contributed by atoms with Gasteiger partial charge in [-0.3, -0.25) is 4.98 Å². The Bertz CT molecular complexity index is 382. The highest BCUT2D eigenvalue weighted by Gasteiger charge is 2.34. The summed E-state index contributed by atoms with van der Waals surface area (Å²) in [6.45, 7) is 6.98. The van der Waals surface area contributed by atoms with Gasteiger partial charge in [0.1, 0.15) is 0 Å². The standard InChI is InChI=1S/C17H27NO/c1-17(2,3)15-8-9-16(19)14(11-15)7-6-13-5-4-10-18-12-13/h4-5,10,12,14-16,19H,6-9,11H2,1-3H3. The van der Waals surface area contributed by atoms with Gasteiger partial charge in [-0.1, -0.05) is 26.8 Å². The molecule has 1 heterocycles. The fourth-order valence-electron chi connectivity index (χ4n) is 3.24. The summed E-state index contributed by atoms with van der Waals surface area (Å²) in [4.78, 5) is 4.16. The van der Waals surface area contributed by atoms with Gasteiger partial charge in [-0.15, -0.1) is 0 Å². The van der Waals surface area contributed by atoms with Crippen LogP contribution in [0, 0.1) is 17.3 Å². The number of aliphatic hydroxyl groups is 1. The molecule has 3 unspecified atom stereocenters. The van der Waals surface area contributed by atoms with E-state index < -0.39 is 0 Å². The molecule has 0 radical (unpaired) electrons. The normalized spacial score (nSPS) is 28.3. The number of aryl methyl sites for hydroxylation is 1. The molecule has 0 aliphatic heterocycles. The van der Waals surface area contributed by atoms with E-state index in [4.69, 9.17) is 0 Å². The molecule has 1 aromatic heterocycles. The van der Waals surface area contributed by atoms with Gasteiger partial charge in [0.05, 0.1) is 6.10 Å². The number of nitrogens with zero attached hydrogens (tertiary/aromatic N) is 1. The van der Waals surface area contributed by atoms with E-state index in [2.05, 4.69) is 31.8 Å². The van der Waals surface area contributed by atoms with Crippen LogP contribution in [0.5, 0.6) is 0 Å². The maximum atomic E-state index is 10.2. The van der Waals surface area contributed by atoms with Crippen molar-refractivity contribution in [2.24, 2.45) is 17.3 Å². The second-order valence-electron chi connectivity index (χ2n) is 7.10. The summed E-state index contributed by atoms with van der Waals surface area (Å²) in [5.41, 5.74) is 1.65. The van der Waals surface area contributed by atoms with Crippen LogP contribution in [0.1, 0.15) is 52.0 Å². The summed E-state index contributed by atoms with van der Waals surface area (Å²) in [6.07, 6.45) is 9.09. The SMILES string of the molecule is CC(C)(C)C1CCC(O)C(CCc2cccnc2)C1. The van der Waals surface area contributed by atoms with Crippen LogP contribution in [-0.4, -0.2) is 16.2 Å². The van der Waals surface area contributed by atoms with Crippen molar-refractivity contribution in [1.82, 2.24) is 4.98 Å². The summed E-state index contributed by atoms with van der Waals surface area (Å²) in [5, 5.41) is 10.2. The molecule has 1 fully saturated rings. The van der Waals surface area contributed by atoms with Gasteiger partial charge in [0.2, 0.25) is 0 Å². The molecule has 1 saturated carbocycles. The summed E-state index contributed by atoms with van der Waals surface area (Å²) in [5.74, 6) is 1.20. The highest BCUT2D eigenvalue weighted by Crippen LogP contribution is 2.41. The van der Waals surface area contributed by atoms with E-state index in [9.17, 15) is 5.11 Å². The maximum Gasteiger partial charge on any atom is 0.0568 e. The van der Waals surface area contributed by atoms with Gasteiger partial charge in [-0.2, -0.15) is 0 Å². The van der Waals surface area contributed by atoms with Crippen molar-refractivity contribution in [1.29, 1.82) is 0 Å². The number of rotatable bonds is 3. The number of aromatic nitrogens is 1. The molecule has 3 atom stereocenters. The van der Waals surface area contributed by atoms with E-state index in [1.807, 2.05) is 18.5 Å². The Morgan fingerprint density at radius 1 is 1.32 bits per heavy atom. The Hall–Kier alpha value is -0.890. The Morgan fingerprint density at radius 3 is 2.74 bits per heavy atom. The molecule has 19 heavy (non-hydrogen) atoms. The molecule has 0 amide bonds. The Balaban J connectivity index is 1.91. The molecule has 2 heteroatoms. The molecular weight excluding hydrogens is 234 g/mol. The summed E-state index contributed by atoms with van der Waals surface area (Å²) >= 11 is 0. The van der Waals surface area contributed by atoms with Gasteiger partial charge < -0.3 is 5.11 Å². The molecule has 1 aromatic rings. The molecule has 0 aromatic carbocycles. The molecule has 2 nitrogen and oxygen atoms in total. The molecule has 106 valence electrons. The summed E-state index contributed by atoms with van der Waals surface area (Å²) in [7, 11) is 0. The van der Waals surface area contributed by atoms with Gasteiger partial charge in [-0.25, -0.2) is 0 Å². The van der Waals surface area contributed by atoms with Crippen LogP contribution in [0.2, 0.25) is 0 Å². The molecule has 0 bridgehead atoms. The first-order valence-electron chi connectivity index (χ1n) is 7.54. The first kappa shape index (κ1) is 14.5. The van der Waals surface area contributed by atoms with Gasteiger partial charge in [0, 0.05) is 12.4 Å². The minimum Gasteiger partial charge on any atom is -0.393 e. The van der Waals surface area contributed by atoms with Crippen molar-refractivity contribution < 1.29 is 5.11 Å². The Morgan fingerprint density at radius 2 is 2.11 bits per heavy atom. The summed E-state index contributed by atoms with van der Waals surface area (Å²) in [6, 6.07) is 4.12. The number of hydrogen-bond donors (Lipinski definition) is 1. The number of aliphatic hydroxyl groups excluding tert-OH is 1. The topological polar surface area (TPSA) is 33.1 Å². The highest BCUT2D eigenvalue weighted by molar-refractivity contribution is 5.08. The van der Waals surface area contributed by atoms with Crippen molar-refractivity contribution in [2.75, 3.05) is 0 Å². The van der Waals surface area contributed by atoms with E-state index in [1.54, 1.807) is 0 Å². The smallest absolute Gasteiger partial charge is 0.0568 e. The summed E-state index contributed by atoms with van der Waals surface area (Å²) < 4.78 is 0. The lowest BCUT2D eigenvalue weighted by Crippen LogP contribution is -2.34. The van der Waals surface area contributed by atoms with Crippen LogP contribution >= 0.6 is 0 Å². The maximum absolute atomic E-state index is 10.2. The molecule has 1 aliphatic rings. The fraction of sp³-hybridized carbons (Fsp3) is 0.706. The van der Waals surface area contributed by atoms with E-state index in [0.29, 0.717) is 11.3 Å². The molecular formula is C17H27NO. The monoisotopic (exact) mass is 261 g/mol. The molecule has 0 spiro atoms. The van der Waals surface area contributed by atoms with Crippen LogP contribution in [0.25, 0.3) is 0 Å². The van der Waals surface area contributed by atoms with Crippen LogP contribution in [0.4, 0.5) is 0 Å². The van der Waals surface area contributed by atoms with E-state index in [0.717, 1.165) is 25.2 Å². The third kappa shape index (κ3) is 4.04. The van der Waals surface area contributed by atoms with Gasteiger partial charge in [0.25, 0.3) is 0 Å². The van der Waals surface area contributed by atoms with Gasteiger partial charge in [0.15, 0.2) is 0 Å². The third-order valence-corrected chi connectivity index (χ3v) is 4.69. The predicted octanol–water partition coefficient (Wildman–Crippen LogP) is 3.84. The van der Waals surface area contributed by atoms with Crippen LogP contribution < -0.4 is 0 Å². The first-order valence-corrected chi connectivity index (χ1v) is 7.54. The second-order valence-corrected chi connectivity index (χ2v) is 7.10. The Labute approximate surface area is 117 Å².